The number of piperidine rings is 1. The molecule has 1 fully saturated rings. The van der Waals surface area contributed by atoms with Gasteiger partial charge in [0.25, 0.3) is 0 Å². The number of sulfonamides is 1. The van der Waals surface area contributed by atoms with Crippen molar-refractivity contribution in [1.82, 2.24) is 4.31 Å². The molecule has 0 saturated carbocycles. The first-order chi connectivity index (χ1) is 16.0. The smallest absolute Gasteiger partial charge is 0.243 e. The highest BCUT2D eigenvalue weighted by atomic mass is 32.2. The number of carbonyl (C=O) groups excluding carboxylic acids is 1. The Morgan fingerprint density at radius 3 is 2.18 bits per heavy atom. The fourth-order valence-corrected chi connectivity index (χ4v) is 6.57. The van der Waals surface area contributed by atoms with E-state index in [-0.39, 0.29) is 11.8 Å². The van der Waals surface area contributed by atoms with Crippen LogP contribution in [0.4, 0.5) is 5.69 Å². The van der Waals surface area contributed by atoms with Crippen LogP contribution in [0.3, 0.4) is 0 Å². The lowest BCUT2D eigenvalue weighted by Gasteiger charge is -2.30. The van der Waals surface area contributed by atoms with Crippen LogP contribution in [-0.4, -0.2) is 38.0 Å². The van der Waals surface area contributed by atoms with E-state index in [1.54, 1.807) is 35.7 Å². The average Bonchev–Trinajstić information content (AvgIpc) is 2.86. The first kappa shape index (κ1) is 23.9. The number of hydrogen-bond acceptors (Lipinski definition) is 5. The predicted octanol–water partition coefficient (Wildman–Crippen LogP) is 5.60. The highest BCUT2D eigenvalue weighted by Crippen LogP contribution is 2.34. The van der Waals surface area contributed by atoms with Gasteiger partial charge in [-0.25, -0.2) is 8.42 Å². The Kier molecular flexibility index (Phi) is 7.80. The summed E-state index contributed by atoms with van der Waals surface area (Å²) in [6.07, 6.45) is 2.96. The number of anilines is 1. The third-order valence-electron chi connectivity index (χ3n) is 5.64. The van der Waals surface area contributed by atoms with E-state index in [1.165, 1.54) is 4.31 Å². The molecule has 0 spiro atoms. The number of nitrogens with one attached hydrogen (secondary N) is 1. The highest BCUT2D eigenvalue weighted by molar-refractivity contribution is 7.99. The molecule has 3 aromatic rings. The minimum atomic E-state index is -3.55. The molecule has 33 heavy (non-hydrogen) atoms. The van der Waals surface area contributed by atoms with E-state index in [1.807, 2.05) is 73.0 Å². The normalized spacial score (nSPS) is 15.3. The van der Waals surface area contributed by atoms with E-state index >= 15 is 0 Å². The van der Waals surface area contributed by atoms with E-state index in [0.29, 0.717) is 30.8 Å². The molecule has 1 N–H and O–H groups in total. The van der Waals surface area contributed by atoms with Crippen molar-refractivity contribution in [2.24, 2.45) is 5.92 Å². The molecule has 8 heteroatoms. The Morgan fingerprint density at radius 1 is 0.879 bits per heavy atom. The monoisotopic (exact) mass is 498 g/mol. The van der Waals surface area contributed by atoms with Crippen molar-refractivity contribution in [2.75, 3.05) is 24.7 Å². The Labute approximate surface area is 204 Å². The molecular formula is C25H26N2O3S3. The second-order valence-corrected chi connectivity index (χ2v) is 11.7. The standard InChI is InChI=1S/C25H26N2O3S3/c1-31-20-11-13-22(14-12-20)33(29,30)27-17-15-19(16-18-27)25(28)26-23-9-5-6-10-24(23)32-21-7-3-2-4-8-21/h2-14,19H,15-18H2,1H3,(H,26,28). The van der Waals surface area contributed by atoms with Crippen molar-refractivity contribution < 1.29 is 13.2 Å². The summed E-state index contributed by atoms with van der Waals surface area (Å²) in [6, 6.07) is 24.7. The Morgan fingerprint density at radius 2 is 1.52 bits per heavy atom. The first-order valence-corrected chi connectivity index (χ1v) is 14.2. The predicted molar refractivity (Wildman–Crippen MR) is 135 cm³/mol. The maximum Gasteiger partial charge on any atom is 0.243 e. The molecule has 172 valence electrons. The second-order valence-electron chi connectivity index (χ2n) is 7.75. The number of rotatable bonds is 7. The third kappa shape index (κ3) is 5.81. The number of nitrogens with zero attached hydrogens (tertiary/aromatic N) is 1. The molecule has 5 nitrogen and oxygen atoms in total. The molecule has 0 bridgehead atoms. The molecule has 1 amide bonds. The van der Waals surface area contributed by atoms with E-state index < -0.39 is 10.0 Å². The van der Waals surface area contributed by atoms with Crippen LogP contribution in [0.1, 0.15) is 12.8 Å². The van der Waals surface area contributed by atoms with Gasteiger partial charge < -0.3 is 5.32 Å². The van der Waals surface area contributed by atoms with Gasteiger partial charge in [0.2, 0.25) is 15.9 Å². The van der Waals surface area contributed by atoms with Crippen LogP contribution in [0.2, 0.25) is 0 Å². The van der Waals surface area contributed by atoms with Crippen molar-refractivity contribution in [2.45, 2.75) is 32.4 Å². The van der Waals surface area contributed by atoms with E-state index in [4.69, 9.17) is 0 Å². The van der Waals surface area contributed by atoms with E-state index in [0.717, 1.165) is 20.4 Å². The average molecular weight is 499 g/mol. The second kappa shape index (κ2) is 10.8. The molecule has 4 rings (SSSR count). The van der Waals surface area contributed by atoms with Crippen molar-refractivity contribution in [3.63, 3.8) is 0 Å². The number of para-hydroxylation sites is 1. The topological polar surface area (TPSA) is 66.5 Å². The first-order valence-electron chi connectivity index (χ1n) is 10.7. The maximum atomic E-state index is 13.0. The number of thioether (sulfide) groups is 1. The zero-order chi connectivity index (χ0) is 23.3. The largest absolute Gasteiger partial charge is 0.325 e. The SMILES string of the molecule is CSc1ccc(S(=O)(=O)N2CCC(C(=O)Nc3ccccc3Sc3ccccc3)CC2)cc1. The molecule has 1 aliphatic rings. The van der Waals surface area contributed by atoms with Crippen LogP contribution >= 0.6 is 23.5 Å². The van der Waals surface area contributed by atoms with E-state index in [2.05, 4.69) is 5.32 Å². The molecule has 0 radical (unpaired) electrons. The van der Waals surface area contributed by atoms with Crippen LogP contribution < -0.4 is 5.32 Å². The fraction of sp³-hybridized carbons (Fsp3) is 0.240. The molecule has 0 atom stereocenters. The number of amides is 1. The van der Waals surface area contributed by atoms with Gasteiger partial charge in [0.1, 0.15) is 0 Å². The maximum absolute atomic E-state index is 13.0. The summed E-state index contributed by atoms with van der Waals surface area (Å²) >= 11 is 3.18. The molecule has 3 aromatic carbocycles. The minimum absolute atomic E-state index is 0.0579. The van der Waals surface area contributed by atoms with Crippen LogP contribution in [-0.2, 0) is 14.8 Å². The summed E-state index contributed by atoms with van der Waals surface area (Å²) in [5.41, 5.74) is 0.778. The van der Waals surface area contributed by atoms with Gasteiger partial charge >= 0.3 is 0 Å². The lowest BCUT2D eigenvalue weighted by atomic mass is 9.97. The minimum Gasteiger partial charge on any atom is -0.325 e. The number of benzene rings is 3. The number of carbonyl (C=O) groups is 1. The summed E-state index contributed by atoms with van der Waals surface area (Å²) in [4.78, 5) is 16.4. The molecule has 1 saturated heterocycles. The van der Waals surface area contributed by atoms with Gasteiger partial charge in [-0.15, -0.1) is 11.8 Å². The lowest BCUT2D eigenvalue weighted by molar-refractivity contribution is -0.120. The van der Waals surface area contributed by atoms with Gasteiger partial charge in [-0.3, -0.25) is 4.79 Å². The van der Waals surface area contributed by atoms with Crippen molar-refractivity contribution >= 4 is 45.1 Å². The quantitative estimate of drug-likeness (QED) is 0.430. The fourth-order valence-electron chi connectivity index (χ4n) is 3.76. The molecule has 1 heterocycles. The van der Waals surface area contributed by atoms with Crippen LogP contribution in [0.15, 0.2) is 98.4 Å². The summed E-state index contributed by atoms with van der Waals surface area (Å²) in [6.45, 7) is 0.677. The Balaban J connectivity index is 1.38. The Hall–Kier alpha value is -2.26. The highest BCUT2D eigenvalue weighted by Gasteiger charge is 2.32. The summed E-state index contributed by atoms with van der Waals surface area (Å²) in [7, 11) is -3.55. The van der Waals surface area contributed by atoms with Crippen LogP contribution in [0, 0.1) is 5.92 Å². The zero-order valence-corrected chi connectivity index (χ0v) is 20.8. The van der Waals surface area contributed by atoms with Gasteiger partial charge in [0.15, 0.2) is 0 Å². The number of hydrogen-bond donors (Lipinski definition) is 1. The Bertz CT molecular complexity index is 1190. The molecule has 0 aliphatic carbocycles. The molecule has 0 aromatic heterocycles. The van der Waals surface area contributed by atoms with Gasteiger partial charge in [-0.2, -0.15) is 4.31 Å². The lowest BCUT2D eigenvalue weighted by Crippen LogP contribution is -2.41. The molecule has 0 unspecified atom stereocenters. The van der Waals surface area contributed by atoms with Crippen molar-refractivity contribution in [1.29, 1.82) is 0 Å². The van der Waals surface area contributed by atoms with Crippen molar-refractivity contribution in [3.8, 4) is 0 Å². The van der Waals surface area contributed by atoms with Crippen LogP contribution in [0.5, 0.6) is 0 Å². The van der Waals surface area contributed by atoms with Gasteiger partial charge in [0.05, 0.1) is 10.6 Å². The molecule has 1 aliphatic heterocycles. The summed E-state index contributed by atoms with van der Waals surface area (Å²) in [5.74, 6) is -0.275. The zero-order valence-electron chi connectivity index (χ0n) is 18.3. The van der Waals surface area contributed by atoms with Crippen LogP contribution in [0.25, 0.3) is 0 Å². The van der Waals surface area contributed by atoms with Crippen molar-refractivity contribution in [3.05, 3.63) is 78.9 Å². The summed E-state index contributed by atoms with van der Waals surface area (Å²) in [5, 5.41) is 3.07. The van der Waals surface area contributed by atoms with Gasteiger partial charge in [-0.05, 0) is 67.6 Å². The van der Waals surface area contributed by atoms with Gasteiger partial charge in [-0.1, -0.05) is 42.1 Å². The van der Waals surface area contributed by atoms with Gasteiger partial charge in [0, 0.05) is 33.7 Å². The summed E-state index contributed by atoms with van der Waals surface area (Å²) < 4.78 is 27.5. The third-order valence-corrected chi connectivity index (χ3v) is 9.38. The van der Waals surface area contributed by atoms with E-state index in [9.17, 15) is 13.2 Å². The molecular weight excluding hydrogens is 472 g/mol.